The van der Waals surface area contributed by atoms with Crippen LogP contribution in [0.1, 0.15) is 18.5 Å². The number of anilines is 1. The number of benzene rings is 2. The summed E-state index contributed by atoms with van der Waals surface area (Å²) in [6, 6.07) is 16.0. The van der Waals surface area contributed by atoms with Crippen LogP contribution in [0.3, 0.4) is 0 Å². The van der Waals surface area contributed by atoms with Gasteiger partial charge in [0.05, 0.1) is 13.2 Å². The molecule has 0 unspecified atom stereocenters. The average molecular weight is 298 g/mol. The predicted molar refractivity (Wildman–Crippen MR) is 84.6 cm³/mol. The number of carbonyl (C=O) groups is 2. The zero-order valence-electron chi connectivity index (χ0n) is 12.5. The second-order valence-electron chi connectivity index (χ2n) is 4.79. The lowest BCUT2D eigenvalue weighted by molar-refractivity contribution is -0.136. The highest BCUT2D eigenvalue weighted by Gasteiger charge is 2.17. The Hall–Kier alpha value is -2.82. The molecule has 2 amide bonds. The standard InChI is InChI=1S/C17H18N2O3/c1-12(13-7-4-3-5-8-13)18-16(20)17(21)19-14-9-6-10-15(11-14)22-2/h3-12H,1-2H3,(H,18,20)(H,19,21)/t12-/m0/s1. The lowest BCUT2D eigenvalue weighted by atomic mass is 10.1. The maximum absolute atomic E-state index is 11.9. The first-order valence-corrected chi connectivity index (χ1v) is 6.91. The first-order valence-electron chi connectivity index (χ1n) is 6.91. The minimum absolute atomic E-state index is 0.246. The average Bonchev–Trinajstić information content (AvgIpc) is 2.55. The molecule has 2 N–H and O–H groups in total. The van der Waals surface area contributed by atoms with Crippen LogP contribution in [0.2, 0.25) is 0 Å². The monoisotopic (exact) mass is 298 g/mol. The van der Waals surface area contributed by atoms with Crippen molar-refractivity contribution >= 4 is 17.5 Å². The van der Waals surface area contributed by atoms with Crippen LogP contribution < -0.4 is 15.4 Å². The number of rotatable bonds is 4. The molecule has 0 saturated carbocycles. The number of ether oxygens (including phenoxy) is 1. The Morgan fingerprint density at radius 1 is 1.00 bits per heavy atom. The fourth-order valence-electron chi connectivity index (χ4n) is 1.98. The van der Waals surface area contributed by atoms with E-state index in [9.17, 15) is 9.59 Å². The lowest BCUT2D eigenvalue weighted by Crippen LogP contribution is -2.36. The van der Waals surface area contributed by atoms with Crippen LogP contribution in [0, 0.1) is 0 Å². The van der Waals surface area contributed by atoms with Gasteiger partial charge in [0.15, 0.2) is 0 Å². The van der Waals surface area contributed by atoms with Crippen molar-refractivity contribution in [3.8, 4) is 5.75 Å². The molecule has 0 aromatic heterocycles. The number of carbonyl (C=O) groups excluding carboxylic acids is 2. The van der Waals surface area contributed by atoms with Gasteiger partial charge in [0.2, 0.25) is 0 Å². The highest BCUT2D eigenvalue weighted by molar-refractivity contribution is 6.39. The molecule has 2 aromatic rings. The van der Waals surface area contributed by atoms with E-state index in [4.69, 9.17) is 4.74 Å². The maximum Gasteiger partial charge on any atom is 0.313 e. The van der Waals surface area contributed by atoms with Crippen molar-refractivity contribution in [2.75, 3.05) is 12.4 Å². The summed E-state index contributed by atoms with van der Waals surface area (Å²) in [5, 5.41) is 5.20. The van der Waals surface area contributed by atoms with Crippen LogP contribution in [0.25, 0.3) is 0 Å². The zero-order chi connectivity index (χ0) is 15.9. The maximum atomic E-state index is 11.9. The molecule has 0 spiro atoms. The van der Waals surface area contributed by atoms with Crippen LogP contribution in [0.4, 0.5) is 5.69 Å². The Bertz CT molecular complexity index is 656. The van der Waals surface area contributed by atoms with Crippen molar-refractivity contribution in [2.45, 2.75) is 13.0 Å². The van der Waals surface area contributed by atoms with Gasteiger partial charge in [-0.1, -0.05) is 36.4 Å². The lowest BCUT2D eigenvalue weighted by Gasteiger charge is -2.14. The molecule has 2 aromatic carbocycles. The van der Waals surface area contributed by atoms with Gasteiger partial charge in [0, 0.05) is 11.8 Å². The van der Waals surface area contributed by atoms with E-state index >= 15 is 0 Å². The second kappa shape index (κ2) is 7.26. The molecule has 0 aliphatic carbocycles. The molecular formula is C17H18N2O3. The number of hydrogen-bond donors (Lipinski definition) is 2. The fraction of sp³-hybridized carbons (Fsp3) is 0.176. The number of nitrogens with one attached hydrogen (secondary N) is 2. The van der Waals surface area contributed by atoms with Crippen molar-refractivity contribution < 1.29 is 14.3 Å². The molecule has 0 heterocycles. The quantitative estimate of drug-likeness (QED) is 0.852. The Kier molecular flexibility index (Phi) is 5.14. The first-order chi connectivity index (χ1) is 10.6. The van der Waals surface area contributed by atoms with Crippen LogP contribution in [0.15, 0.2) is 54.6 Å². The van der Waals surface area contributed by atoms with Crippen molar-refractivity contribution in [3.63, 3.8) is 0 Å². The summed E-state index contributed by atoms with van der Waals surface area (Å²) in [6.07, 6.45) is 0. The minimum atomic E-state index is -0.712. The first kappa shape index (κ1) is 15.6. The predicted octanol–water partition coefficient (Wildman–Crippen LogP) is 2.51. The van der Waals surface area contributed by atoms with Gasteiger partial charge in [-0.15, -0.1) is 0 Å². The van der Waals surface area contributed by atoms with Gasteiger partial charge in [-0.3, -0.25) is 9.59 Å². The molecule has 0 aliphatic heterocycles. The summed E-state index contributed by atoms with van der Waals surface area (Å²) >= 11 is 0. The van der Waals surface area contributed by atoms with Crippen molar-refractivity contribution in [1.82, 2.24) is 5.32 Å². The minimum Gasteiger partial charge on any atom is -0.497 e. The van der Waals surface area contributed by atoms with Gasteiger partial charge in [0.1, 0.15) is 5.75 Å². The van der Waals surface area contributed by atoms with Crippen molar-refractivity contribution in [3.05, 3.63) is 60.2 Å². The van der Waals surface area contributed by atoms with E-state index in [1.807, 2.05) is 37.3 Å². The van der Waals surface area contributed by atoms with Crippen LogP contribution in [0.5, 0.6) is 5.75 Å². The molecule has 0 radical (unpaired) electrons. The molecule has 0 saturated heterocycles. The van der Waals surface area contributed by atoms with E-state index in [2.05, 4.69) is 10.6 Å². The molecule has 0 fully saturated rings. The third-order valence-corrected chi connectivity index (χ3v) is 3.18. The van der Waals surface area contributed by atoms with Crippen LogP contribution in [-0.4, -0.2) is 18.9 Å². The molecule has 1 atom stereocenters. The Morgan fingerprint density at radius 3 is 2.41 bits per heavy atom. The van der Waals surface area contributed by atoms with E-state index in [0.717, 1.165) is 5.56 Å². The second-order valence-corrected chi connectivity index (χ2v) is 4.79. The van der Waals surface area contributed by atoms with Gasteiger partial charge < -0.3 is 15.4 Å². The van der Waals surface area contributed by atoms with Gasteiger partial charge in [-0.25, -0.2) is 0 Å². The fourth-order valence-corrected chi connectivity index (χ4v) is 1.98. The third-order valence-electron chi connectivity index (χ3n) is 3.18. The van der Waals surface area contributed by atoms with Crippen molar-refractivity contribution in [2.24, 2.45) is 0 Å². The summed E-state index contributed by atoms with van der Waals surface area (Å²) < 4.78 is 5.07. The molecule has 0 aliphatic rings. The molecule has 2 rings (SSSR count). The molecule has 22 heavy (non-hydrogen) atoms. The van der Waals surface area contributed by atoms with Gasteiger partial charge in [0.25, 0.3) is 0 Å². The smallest absolute Gasteiger partial charge is 0.313 e. The van der Waals surface area contributed by atoms with Gasteiger partial charge in [-0.2, -0.15) is 0 Å². The largest absolute Gasteiger partial charge is 0.497 e. The van der Waals surface area contributed by atoms with Crippen molar-refractivity contribution in [1.29, 1.82) is 0 Å². The highest BCUT2D eigenvalue weighted by atomic mass is 16.5. The summed E-state index contributed by atoms with van der Waals surface area (Å²) in [4.78, 5) is 23.8. The molecule has 0 bridgehead atoms. The zero-order valence-corrected chi connectivity index (χ0v) is 12.5. The Morgan fingerprint density at radius 2 is 1.73 bits per heavy atom. The molecular weight excluding hydrogens is 280 g/mol. The van der Waals surface area contributed by atoms with E-state index in [-0.39, 0.29) is 6.04 Å². The van der Waals surface area contributed by atoms with E-state index in [1.54, 1.807) is 24.3 Å². The van der Waals surface area contributed by atoms with Gasteiger partial charge in [-0.05, 0) is 24.6 Å². The summed E-state index contributed by atoms with van der Waals surface area (Å²) in [7, 11) is 1.54. The summed E-state index contributed by atoms with van der Waals surface area (Å²) in [6.45, 7) is 1.83. The normalized spacial score (nSPS) is 11.4. The molecule has 5 nitrogen and oxygen atoms in total. The van der Waals surface area contributed by atoms with Crippen LogP contribution >= 0.6 is 0 Å². The molecule has 114 valence electrons. The Labute approximate surface area is 129 Å². The third kappa shape index (κ3) is 4.09. The van der Waals surface area contributed by atoms with Gasteiger partial charge >= 0.3 is 11.8 Å². The van der Waals surface area contributed by atoms with E-state index in [0.29, 0.717) is 11.4 Å². The Balaban J connectivity index is 1.96. The van der Waals surface area contributed by atoms with Crippen LogP contribution in [-0.2, 0) is 9.59 Å². The highest BCUT2D eigenvalue weighted by Crippen LogP contribution is 2.16. The summed E-state index contributed by atoms with van der Waals surface area (Å²) in [5.74, 6) is -0.786. The number of hydrogen-bond acceptors (Lipinski definition) is 3. The number of amides is 2. The number of methoxy groups -OCH3 is 1. The van der Waals surface area contributed by atoms with E-state index < -0.39 is 11.8 Å². The topological polar surface area (TPSA) is 67.4 Å². The molecule has 5 heteroatoms. The SMILES string of the molecule is COc1cccc(NC(=O)C(=O)N[C@@H](C)c2ccccc2)c1. The summed E-state index contributed by atoms with van der Waals surface area (Å²) in [5.41, 5.74) is 1.44. The van der Waals surface area contributed by atoms with E-state index in [1.165, 1.54) is 7.11 Å².